The van der Waals surface area contributed by atoms with Crippen molar-refractivity contribution in [2.24, 2.45) is 0 Å². The monoisotopic (exact) mass is 280 g/mol. The number of terminal acetylenes is 1. The number of hydrogen-bond donors (Lipinski definition) is 1. The van der Waals surface area contributed by atoms with Crippen molar-refractivity contribution in [3.05, 3.63) is 18.3 Å². The number of rotatable bonds is 4. The normalized spacial score (nSPS) is 16.8. The van der Waals surface area contributed by atoms with Crippen LogP contribution >= 0.6 is 0 Å². The molecule has 1 aliphatic rings. The maximum absolute atomic E-state index is 12.4. The molecule has 1 aliphatic heterocycles. The Morgan fingerprint density at radius 3 is 2.63 bits per heavy atom. The number of piperidine rings is 1. The van der Waals surface area contributed by atoms with Gasteiger partial charge in [-0.05, 0) is 18.9 Å². The lowest BCUT2D eigenvalue weighted by Gasteiger charge is -2.25. The Labute approximate surface area is 114 Å². The minimum Gasteiger partial charge on any atom is -0.263 e. The van der Waals surface area contributed by atoms with Crippen molar-refractivity contribution in [3.8, 4) is 12.3 Å². The van der Waals surface area contributed by atoms with Crippen LogP contribution in [0.3, 0.4) is 0 Å². The van der Waals surface area contributed by atoms with Crippen molar-refractivity contribution in [2.45, 2.75) is 24.2 Å². The molecule has 1 fully saturated rings. The molecule has 2 rings (SSSR count). The van der Waals surface area contributed by atoms with Gasteiger partial charge < -0.3 is 0 Å². The predicted octanol–water partition coefficient (Wildman–Crippen LogP) is 0.720. The third-order valence-corrected chi connectivity index (χ3v) is 5.01. The molecule has 2 heterocycles. The molecule has 2 N–H and O–H groups in total. The van der Waals surface area contributed by atoms with Crippen LogP contribution in [0.4, 0.5) is 5.82 Å². The number of anilines is 1. The van der Waals surface area contributed by atoms with Crippen LogP contribution in [0, 0.1) is 12.3 Å². The van der Waals surface area contributed by atoms with Gasteiger partial charge >= 0.3 is 0 Å². The first-order valence-electron chi connectivity index (χ1n) is 6.34. The Morgan fingerprint density at radius 2 is 2.05 bits per heavy atom. The molecule has 5 nitrogen and oxygen atoms in total. The van der Waals surface area contributed by atoms with E-state index in [1.807, 2.05) is 0 Å². The molecule has 0 saturated carbocycles. The summed E-state index contributed by atoms with van der Waals surface area (Å²) in [6, 6.07) is 3.29. The van der Waals surface area contributed by atoms with Gasteiger partial charge in [0.05, 0.1) is 0 Å². The van der Waals surface area contributed by atoms with Gasteiger partial charge in [0.1, 0.15) is 17.6 Å². The fourth-order valence-electron chi connectivity index (χ4n) is 2.08. The van der Waals surface area contributed by atoms with Crippen LogP contribution < -0.4 is 10.3 Å². The van der Waals surface area contributed by atoms with E-state index in [2.05, 4.69) is 16.2 Å². The average Bonchev–Trinajstić information content (AvgIpc) is 2.46. The van der Waals surface area contributed by atoms with Crippen molar-refractivity contribution < 1.29 is 13.4 Å². The molecule has 0 radical (unpaired) electrons. The summed E-state index contributed by atoms with van der Waals surface area (Å²) in [6.45, 7) is 1.62. The molecule has 1 saturated heterocycles. The molecular weight excluding hydrogens is 262 g/mol. The molecule has 1 aromatic heterocycles. The lowest BCUT2D eigenvalue weighted by molar-refractivity contribution is -0.364. The molecule has 19 heavy (non-hydrogen) atoms. The van der Waals surface area contributed by atoms with Gasteiger partial charge in [0, 0.05) is 19.2 Å². The highest BCUT2D eigenvalue weighted by Gasteiger charge is 2.26. The van der Waals surface area contributed by atoms with E-state index >= 15 is 0 Å². The molecule has 0 amide bonds. The Hall–Kier alpha value is -1.58. The minimum atomic E-state index is -3.37. The summed E-state index contributed by atoms with van der Waals surface area (Å²) in [4.78, 5) is 3.20. The Bertz CT molecular complexity index is 555. The van der Waals surface area contributed by atoms with E-state index in [1.165, 1.54) is 6.20 Å². The summed E-state index contributed by atoms with van der Waals surface area (Å²) < 4.78 is 26.3. The van der Waals surface area contributed by atoms with Gasteiger partial charge in [0.25, 0.3) is 5.82 Å². The highest BCUT2D eigenvalue weighted by atomic mass is 32.2. The van der Waals surface area contributed by atoms with Crippen LogP contribution in [0.1, 0.15) is 19.3 Å². The summed E-state index contributed by atoms with van der Waals surface area (Å²) >= 11 is 0. The zero-order valence-corrected chi connectivity index (χ0v) is 11.5. The van der Waals surface area contributed by atoms with Crippen molar-refractivity contribution in [1.82, 2.24) is 4.31 Å². The van der Waals surface area contributed by atoms with E-state index in [1.54, 1.807) is 16.4 Å². The van der Waals surface area contributed by atoms with Gasteiger partial charge in [-0.25, -0.2) is 13.4 Å². The number of hydrogen-bond acceptors (Lipinski definition) is 3. The number of H-pyrrole nitrogens is 1. The minimum absolute atomic E-state index is 0.292. The maximum Gasteiger partial charge on any atom is 0.272 e. The summed E-state index contributed by atoms with van der Waals surface area (Å²) in [5, 5.41) is 2.95. The second-order valence-electron chi connectivity index (χ2n) is 4.46. The largest absolute Gasteiger partial charge is 0.272 e. The van der Waals surface area contributed by atoms with Crippen LogP contribution in [0.2, 0.25) is 0 Å². The quantitative estimate of drug-likeness (QED) is 0.827. The first-order chi connectivity index (χ1) is 9.14. The van der Waals surface area contributed by atoms with Gasteiger partial charge in [-0.2, -0.15) is 4.31 Å². The molecule has 0 aromatic carbocycles. The van der Waals surface area contributed by atoms with Crippen LogP contribution in [-0.2, 0) is 10.0 Å². The van der Waals surface area contributed by atoms with Gasteiger partial charge in [0.15, 0.2) is 0 Å². The fourth-order valence-corrected chi connectivity index (χ4v) is 3.57. The number of nitrogens with zero attached hydrogens (tertiary/aromatic N) is 1. The summed E-state index contributed by atoms with van der Waals surface area (Å²) in [5.74, 6) is 3.16. The standard InChI is InChI=1S/C13H17N3O2S/c1-2-8-14-13-7-6-12(11-15-13)19(17,18)16-9-4-3-5-10-16/h1,6-7,11H,3-5,8-10H2,(H,14,15)/p+1. The zero-order valence-electron chi connectivity index (χ0n) is 10.7. The van der Waals surface area contributed by atoms with Crippen molar-refractivity contribution in [3.63, 3.8) is 0 Å². The van der Waals surface area contributed by atoms with Crippen molar-refractivity contribution in [2.75, 3.05) is 25.0 Å². The number of pyridine rings is 1. The Morgan fingerprint density at radius 1 is 1.32 bits per heavy atom. The molecule has 0 unspecified atom stereocenters. The summed E-state index contributed by atoms with van der Waals surface area (Å²) in [5.41, 5.74) is 0. The number of nitrogens with one attached hydrogen (secondary N) is 2. The average molecular weight is 280 g/mol. The molecule has 1 aromatic rings. The van der Waals surface area contributed by atoms with E-state index in [4.69, 9.17) is 6.42 Å². The van der Waals surface area contributed by atoms with Crippen LogP contribution in [-0.4, -0.2) is 32.4 Å². The predicted molar refractivity (Wildman–Crippen MR) is 72.9 cm³/mol. The fraction of sp³-hybridized carbons (Fsp3) is 0.462. The molecule has 0 aliphatic carbocycles. The Kier molecular flexibility index (Phi) is 4.40. The molecule has 0 spiro atoms. The number of aromatic nitrogens is 1. The van der Waals surface area contributed by atoms with Crippen LogP contribution in [0.5, 0.6) is 0 Å². The van der Waals surface area contributed by atoms with E-state index in [-0.39, 0.29) is 0 Å². The molecule has 0 bridgehead atoms. The molecule has 6 heteroatoms. The van der Waals surface area contributed by atoms with E-state index in [0.29, 0.717) is 30.3 Å². The third-order valence-electron chi connectivity index (χ3n) is 3.12. The molecule has 102 valence electrons. The smallest absolute Gasteiger partial charge is 0.263 e. The molecular formula is C13H18N3O2S+. The van der Waals surface area contributed by atoms with Gasteiger partial charge in [-0.3, -0.25) is 5.32 Å². The van der Waals surface area contributed by atoms with E-state index in [9.17, 15) is 8.42 Å². The first kappa shape index (κ1) is 13.8. The summed E-state index contributed by atoms with van der Waals surface area (Å²) in [6.07, 6.45) is 9.62. The van der Waals surface area contributed by atoms with Crippen LogP contribution in [0.15, 0.2) is 23.2 Å². The van der Waals surface area contributed by atoms with Gasteiger partial charge in [0.2, 0.25) is 10.0 Å². The lowest BCUT2D eigenvalue weighted by atomic mass is 10.2. The van der Waals surface area contributed by atoms with Crippen molar-refractivity contribution >= 4 is 15.8 Å². The van der Waals surface area contributed by atoms with Crippen LogP contribution in [0.25, 0.3) is 0 Å². The third kappa shape index (κ3) is 3.25. The summed E-state index contributed by atoms with van der Waals surface area (Å²) in [7, 11) is -3.37. The highest BCUT2D eigenvalue weighted by Crippen LogP contribution is 2.19. The number of aromatic amines is 1. The SMILES string of the molecule is C#CCNc1ccc(S(=O)(=O)N2CCCCC2)c[nH+]1. The highest BCUT2D eigenvalue weighted by molar-refractivity contribution is 7.89. The Balaban J connectivity index is 2.14. The number of sulfonamides is 1. The second-order valence-corrected chi connectivity index (χ2v) is 6.40. The first-order valence-corrected chi connectivity index (χ1v) is 7.78. The molecule has 0 atom stereocenters. The van der Waals surface area contributed by atoms with Gasteiger partial charge in [-0.15, -0.1) is 6.42 Å². The lowest BCUT2D eigenvalue weighted by Crippen LogP contribution is -2.36. The van der Waals surface area contributed by atoms with Crippen molar-refractivity contribution in [1.29, 1.82) is 0 Å². The van der Waals surface area contributed by atoms with Gasteiger partial charge in [-0.1, -0.05) is 12.3 Å². The van der Waals surface area contributed by atoms with E-state index in [0.717, 1.165) is 19.3 Å². The van der Waals surface area contributed by atoms with E-state index < -0.39 is 10.0 Å². The maximum atomic E-state index is 12.4. The zero-order chi connectivity index (χ0) is 13.7. The topological polar surface area (TPSA) is 63.6 Å². The second kappa shape index (κ2) is 6.04.